The Morgan fingerprint density at radius 1 is 1.18 bits per heavy atom. The maximum atomic E-state index is 12.8. The summed E-state index contributed by atoms with van der Waals surface area (Å²) < 4.78 is 46.1. The third-order valence-electron chi connectivity index (χ3n) is 5.88. The summed E-state index contributed by atoms with van der Waals surface area (Å²) in [4.78, 5) is 15.0. The molecule has 2 saturated heterocycles. The lowest BCUT2D eigenvalue weighted by Crippen LogP contribution is -2.33. The minimum Gasteiger partial charge on any atom is -0.376 e. The monoisotopic (exact) mass is 483 g/mol. The molecule has 2 aromatic rings. The fourth-order valence-electron chi connectivity index (χ4n) is 4.05. The van der Waals surface area contributed by atoms with E-state index in [0.717, 1.165) is 63.5 Å². The summed E-state index contributed by atoms with van der Waals surface area (Å²) in [6.45, 7) is 4.99. The fraction of sp³-hybridized carbons (Fsp3) is 0.591. The average Bonchev–Trinajstić information content (AvgIpc) is 3.45. The van der Waals surface area contributed by atoms with Crippen molar-refractivity contribution >= 4 is 29.3 Å². The molecule has 3 heterocycles. The van der Waals surface area contributed by atoms with E-state index in [0.29, 0.717) is 17.4 Å². The lowest BCUT2D eigenvalue weighted by atomic mass is 10.1. The predicted molar refractivity (Wildman–Crippen MR) is 120 cm³/mol. The van der Waals surface area contributed by atoms with Gasteiger partial charge in [-0.15, -0.1) is 10.2 Å². The molecule has 0 bridgehead atoms. The highest BCUT2D eigenvalue weighted by atomic mass is 32.2. The number of amides is 1. The molecule has 2 atom stereocenters. The summed E-state index contributed by atoms with van der Waals surface area (Å²) in [6.07, 6.45) is 1.12. The Balaban J connectivity index is 1.45. The van der Waals surface area contributed by atoms with Crippen LogP contribution in [0, 0.1) is 0 Å². The summed E-state index contributed by atoms with van der Waals surface area (Å²) in [7, 11) is 0. The largest absolute Gasteiger partial charge is 0.416 e. The molecule has 7 nitrogen and oxygen atoms in total. The number of benzene rings is 1. The van der Waals surface area contributed by atoms with Crippen LogP contribution in [0.25, 0.3) is 0 Å². The van der Waals surface area contributed by atoms with E-state index >= 15 is 0 Å². The van der Waals surface area contributed by atoms with Gasteiger partial charge in [0.25, 0.3) is 0 Å². The van der Waals surface area contributed by atoms with E-state index in [-0.39, 0.29) is 12.0 Å². The van der Waals surface area contributed by atoms with E-state index in [1.165, 1.54) is 30.3 Å². The van der Waals surface area contributed by atoms with Crippen molar-refractivity contribution in [1.29, 1.82) is 0 Å². The summed E-state index contributed by atoms with van der Waals surface area (Å²) >= 11 is 1.29. The van der Waals surface area contributed by atoms with Crippen LogP contribution in [-0.2, 0) is 22.3 Å². The van der Waals surface area contributed by atoms with Gasteiger partial charge in [0.2, 0.25) is 11.9 Å². The first kappa shape index (κ1) is 23.9. The highest BCUT2D eigenvalue weighted by Crippen LogP contribution is 2.31. The van der Waals surface area contributed by atoms with E-state index in [1.54, 1.807) is 6.92 Å². The fourth-order valence-corrected chi connectivity index (χ4v) is 4.90. The standard InChI is InChI=1S/C22H28F3N5O2S/c1-15(19(31)26-17-9-7-16(8-10-17)22(23,24)25)33-21-28-27-20(29-11-3-2-4-12-29)30(21)14-18-6-5-13-32-18/h7-10,15,18H,2-6,11-14H2,1H3,(H,26,31). The molecule has 11 heteroatoms. The third-order valence-corrected chi connectivity index (χ3v) is 6.96. The van der Waals surface area contributed by atoms with Crippen LogP contribution in [0.4, 0.5) is 24.8 Å². The molecule has 2 aliphatic heterocycles. The van der Waals surface area contributed by atoms with Crippen LogP contribution in [0.1, 0.15) is 44.6 Å². The van der Waals surface area contributed by atoms with Crippen LogP contribution in [0.2, 0.25) is 0 Å². The lowest BCUT2D eigenvalue weighted by molar-refractivity contribution is -0.137. The van der Waals surface area contributed by atoms with Gasteiger partial charge in [-0.2, -0.15) is 13.2 Å². The van der Waals surface area contributed by atoms with Gasteiger partial charge in [-0.1, -0.05) is 11.8 Å². The van der Waals surface area contributed by atoms with Crippen molar-refractivity contribution < 1.29 is 22.7 Å². The van der Waals surface area contributed by atoms with Crippen molar-refractivity contribution in [2.75, 3.05) is 29.9 Å². The molecule has 4 rings (SSSR count). The molecule has 1 N–H and O–H groups in total. The number of nitrogens with zero attached hydrogens (tertiary/aromatic N) is 4. The average molecular weight is 484 g/mol. The number of ether oxygens (including phenoxy) is 1. The Morgan fingerprint density at radius 2 is 1.91 bits per heavy atom. The molecule has 1 aromatic heterocycles. The van der Waals surface area contributed by atoms with Crippen LogP contribution < -0.4 is 10.2 Å². The number of anilines is 2. The van der Waals surface area contributed by atoms with Crippen LogP contribution >= 0.6 is 11.8 Å². The molecule has 0 spiro atoms. The second-order valence-electron chi connectivity index (χ2n) is 8.40. The molecule has 2 unspecified atom stereocenters. The zero-order valence-electron chi connectivity index (χ0n) is 18.5. The third kappa shape index (κ3) is 6.00. The smallest absolute Gasteiger partial charge is 0.376 e. The number of halogens is 3. The van der Waals surface area contributed by atoms with Crippen LogP contribution in [0.3, 0.4) is 0 Å². The number of alkyl halides is 3. The molecule has 2 fully saturated rings. The SMILES string of the molecule is CC(Sc1nnc(N2CCCCC2)n1CC1CCCO1)C(=O)Nc1ccc(C(F)(F)F)cc1. The van der Waals surface area contributed by atoms with Gasteiger partial charge in [0, 0.05) is 25.4 Å². The number of rotatable bonds is 7. The number of hydrogen-bond donors (Lipinski definition) is 1. The summed E-state index contributed by atoms with van der Waals surface area (Å²) in [5.74, 6) is 0.494. The van der Waals surface area contributed by atoms with Gasteiger partial charge in [0.15, 0.2) is 5.16 Å². The van der Waals surface area contributed by atoms with Gasteiger partial charge >= 0.3 is 6.18 Å². The molecular weight excluding hydrogens is 455 g/mol. The minimum atomic E-state index is -4.41. The maximum absolute atomic E-state index is 12.8. The van der Waals surface area contributed by atoms with Gasteiger partial charge in [-0.3, -0.25) is 9.36 Å². The van der Waals surface area contributed by atoms with Crippen LogP contribution in [-0.4, -0.2) is 51.7 Å². The number of piperidine rings is 1. The van der Waals surface area contributed by atoms with E-state index in [4.69, 9.17) is 4.74 Å². The number of hydrogen-bond acceptors (Lipinski definition) is 6. The zero-order chi connectivity index (χ0) is 23.4. The molecule has 33 heavy (non-hydrogen) atoms. The number of nitrogens with one attached hydrogen (secondary N) is 1. The Labute approximate surface area is 195 Å². The van der Waals surface area contributed by atoms with Crippen molar-refractivity contribution in [3.63, 3.8) is 0 Å². The van der Waals surface area contributed by atoms with Gasteiger partial charge in [-0.25, -0.2) is 0 Å². The quantitative estimate of drug-likeness (QED) is 0.581. The first-order valence-corrected chi connectivity index (χ1v) is 12.1. The number of aromatic nitrogens is 3. The molecule has 0 saturated carbocycles. The Morgan fingerprint density at radius 3 is 2.55 bits per heavy atom. The Bertz CT molecular complexity index is 938. The first-order chi connectivity index (χ1) is 15.8. The number of carbonyl (C=O) groups is 1. The molecule has 1 aromatic carbocycles. The molecule has 180 valence electrons. The topological polar surface area (TPSA) is 72.3 Å². The lowest BCUT2D eigenvalue weighted by Gasteiger charge is -2.28. The van der Waals surface area contributed by atoms with Crippen LogP contribution in [0.15, 0.2) is 29.4 Å². The van der Waals surface area contributed by atoms with E-state index in [9.17, 15) is 18.0 Å². The second-order valence-corrected chi connectivity index (χ2v) is 9.71. The predicted octanol–water partition coefficient (Wildman–Crippen LogP) is 4.59. The zero-order valence-corrected chi connectivity index (χ0v) is 19.3. The molecular formula is C22H28F3N5O2S. The molecule has 0 aliphatic carbocycles. The number of carbonyl (C=O) groups excluding carboxylic acids is 1. The van der Waals surface area contributed by atoms with Gasteiger partial charge < -0.3 is 15.0 Å². The second kappa shape index (κ2) is 10.3. The Hall–Kier alpha value is -2.27. The van der Waals surface area contributed by atoms with Gasteiger partial charge in [-0.05, 0) is 63.3 Å². The number of thioether (sulfide) groups is 1. The van der Waals surface area contributed by atoms with Crippen molar-refractivity contribution in [2.45, 2.75) is 68.3 Å². The molecule has 1 amide bonds. The van der Waals surface area contributed by atoms with Crippen molar-refractivity contribution in [2.24, 2.45) is 0 Å². The summed E-state index contributed by atoms with van der Waals surface area (Å²) in [6, 6.07) is 4.42. The first-order valence-electron chi connectivity index (χ1n) is 11.3. The molecule has 2 aliphatic rings. The van der Waals surface area contributed by atoms with E-state index in [1.807, 2.05) is 4.57 Å². The van der Waals surface area contributed by atoms with Gasteiger partial charge in [0.1, 0.15) is 0 Å². The van der Waals surface area contributed by atoms with Crippen molar-refractivity contribution in [3.05, 3.63) is 29.8 Å². The van der Waals surface area contributed by atoms with Crippen LogP contribution in [0.5, 0.6) is 0 Å². The normalized spacial score (nSPS) is 20.1. The molecule has 0 radical (unpaired) electrons. The Kier molecular flexibility index (Phi) is 7.48. The van der Waals surface area contributed by atoms with E-state index < -0.39 is 17.0 Å². The summed E-state index contributed by atoms with van der Waals surface area (Å²) in [5, 5.41) is 11.6. The van der Waals surface area contributed by atoms with Gasteiger partial charge in [0.05, 0.1) is 23.5 Å². The highest BCUT2D eigenvalue weighted by Gasteiger charge is 2.30. The van der Waals surface area contributed by atoms with Crippen molar-refractivity contribution in [1.82, 2.24) is 14.8 Å². The maximum Gasteiger partial charge on any atom is 0.416 e. The highest BCUT2D eigenvalue weighted by molar-refractivity contribution is 8.00. The minimum absolute atomic E-state index is 0.0974. The van der Waals surface area contributed by atoms with Crippen molar-refractivity contribution in [3.8, 4) is 0 Å². The summed E-state index contributed by atoms with van der Waals surface area (Å²) in [5.41, 5.74) is -0.439. The van der Waals surface area contributed by atoms with E-state index in [2.05, 4.69) is 20.4 Å².